The third-order valence-corrected chi connectivity index (χ3v) is 9.00. The fourth-order valence-electron chi connectivity index (χ4n) is 4.94. The van der Waals surface area contributed by atoms with Crippen LogP contribution in [-0.2, 0) is 0 Å². The summed E-state index contributed by atoms with van der Waals surface area (Å²) in [6, 6.07) is 0.836. The molecule has 9 nitrogen and oxygen atoms in total. The van der Waals surface area contributed by atoms with Gasteiger partial charge in [-0.15, -0.1) is 15.0 Å². The summed E-state index contributed by atoms with van der Waals surface area (Å²) in [5, 5.41) is 0. The van der Waals surface area contributed by atoms with Gasteiger partial charge in [0, 0.05) is 0 Å². The van der Waals surface area contributed by atoms with E-state index in [1.807, 2.05) is 0 Å². The molecule has 0 unspecified atom stereocenters. The van der Waals surface area contributed by atoms with Gasteiger partial charge in [-0.2, -0.15) is 0 Å². The predicted molar refractivity (Wildman–Crippen MR) is 147 cm³/mol. The van der Waals surface area contributed by atoms with Crippen LogP contribution in [0.3, 0.4) is 0 Å². The first-order valence-corrected chi connectivity index (χ1v) is 14.5. The lowest BCUT2D eigenvalue weighted by Crippen LogP contribution is -3.00. The SMILES string of the molecule is CC[N+](CC)(CC)CCOc1nc(OCC[N+](CC)(CC)CC)nc(OCC[N+](CC)(CC)CC)n1.[I-].[I-].[I-]. The molecule has 0 aliphatic heterocycles. The van der Waals surface area contributed by atoms with Gasteiger partial charge in [-0.3, -0.25) is 0 Å². The van der Waals surface area contributed by atoms with E-state index in [0.717, 1.165) is 92.0 Å². The minimum absolute atomic E-state index is 0. The molecule has 0 bridgehead atoms. The summed E-state index contributed by atoms with van der Waals surface area (Å²) in [6.45, 7) is 34.2. The maximum Gasteiger partial charge on any atom is 0.326 e. The second-order valence-electron chi connectivity index (χ2n) is 9.77. The summed E-state index contributed by atoms with van der Waals surface area (Å²) in [6.07, 6.45) is 0. The molecule has 12 heteroatoms. The Hall–Kier alpha value is 0.480. The van der Waals surface area contributed by atoms with E-state index < -0.39 is 0 Å². The van der Waals surface area contributed by atoms with E-state index in [9.17, 15) is 0 Å². The minimum atomic E-state index is 0. The number of halogens is 3. The molecular formula is C27H57I3N6O3. The van der Waals surface area contributed by atoms with E-state index in [1.165, 1.54) is 0 Å². The number of hydrogen-bond acceptors (Lipinski definition) is 6. The summed E-state index contributed by atoms with van der Waals surface area (Å²) < 4.78 is 21.1. The molecule has 39 heavy (non-hydrogen) atoms. The normalized spacial score (nSPS) is 11.6. The van der Waals surface area contributed by atoms with Crippen molar-refractivity contribution in [3.8, 4) is 18.0 Å². The largest absolute Gasteiger partial charge is 1.00 e. The Labute approximate surface area is 291 Å². The van der Waals surface area contributed by atoms with Crippen LogP contribution >= 0.6 is 0 Å². The zero-order valence-electron chi connectivity index (χ0n) is 26.1. The van der Waals surface area contributed by atoms with Gasteiger partial charge in [0.05, 0.1) is 58.9 Å². The number of hydrogen-bond donors (Lipinski definition) is 0. The summed E-state index contributed by atoms with van der Waals surface area (Å²) >= 11 is 0. The Morgan fingerprint density at radius 3 is 0.718 bits per heavy atom. The second kappa shape index (κ2) is 23.0. The zero-order chi connectivity index (χ0) is 27.1. The van der Waals surface area contributed by atoms with Crippen molar-refractivity contribution in [2.24, 2.45) is 0 Å². The molecule has 1 aromatic rings. The van der Waals surface area contributed by atoms with Crippen LogP contribution in [0, 0.1) is 0 Å². The van der Waals surface area contributed by atoms with Crippen molar-refractivity contribution in [1.82, 2.24) is 15.0 Å². The maximum absolute atomic E-state index is 6.02. The molecule has 0 N–H and O–H groups in total. The lowest BCUT2D eigenvalue weighted by Gasteiger charge is -2.35. The average molecular weight is 895 g/mol. The molecule has 1 aromatic heterocycles. The molecule has 0 fully saturated rings. The van der Waals surface area contributed by atoms with Gasteiger partial charge in [0.25, 0.3) is 0 Å². The third kappa shape index (κ3) is 14.0. The van der Waals surface area contributed by atoms with E-state index in [0.29, 0.717) is 19.8 Å². The smallest absolute Gasteiger partial charge is 0.326 e. The summed E-state index contributed by atoms with van der Waals surface area (Å²) in [7, 11) is 0. The Morgan fingerprint density at radius 1 is 0.385 bits per heavy atom. The van der Waals surface area contributed by atoms with Crippen LogP contribution in [-0.4, -0.2) is 127 Å². The van der Waals surface area contributed by atoms with Gasteiger partial charge >= 0.3 is 18.0 Å². The molecule has 0 aliphatic carbocycles. The van der Waals surface area contributed by atoms with E-state index in [-0.39, 0.29) is 90.0 Å². The first-order chi connectivity index (χ1) is 17.3. The third-order valence-electron chi connectivity index (χ3n) is 9.00. The standard InChI is InChI=1S/C27H57N6O3.3HI/c1-10-31(11-2,12-3)19-22-34-25-28-26(35-23-20-32(13-4,14-5)15-6)30-27(29-25)36-24-21-33(16-7,17-8)18-9;;;/h10-24H2,1-9H3;3*1H/q+3;;;/p-3. The first kappa shape index (κ1) is 43.9. The number of rotatable bonds is 21. The second-order valence-corrected chi connectivity index (χ2v) is 9.77. The van der Waals surface area contributed by atoms with Gasteiger partial charge in [0.15, 0.2) is 0 Å². The average Bonchev–Trinajstić information content (AvgIpc) is 2.92. The molecule has 0 amide bonds. The van der Waals surface area contributed by atoms with E-state index >= 15 is 0 Å². The zero-order valence-corrected chi connectivity index (χ0v) is 32.6. The van der Waals surface area contributed by atoms with E-state index in [4.69, 9.17) is 14.2 Å². The predicted octanol–water partition coefficient (Wildman–Crippen LogP) is -5.35. The monoisotopic (exact) mass is 894 g/mol. The van der Waals surface area contributed by atoms with Crippen molar-refractivity contribution >= 4 is 0 Å². The highest BCUT2D eigenvalue weighted by Gasteiger charge is 2.24. The topological polar surface area (TPSA) is 66.4 Å². The lowest BCUT2D eigenvalue weighted by atomic mass is 10.3. The fraction of sp³-hybridized carbons (Fsp3) is 0.889. The number of nitrogens with zero attached hydrogens (tertiary/aromatic N) is 6. The van der Waals surface area contributed by atoms with Crippen LogP contribution in [0.15, 0.2) is 0 Å². The number of likely N-dealkylation sites (N-methyl/N-ethyl adjacent to an activating group) is 3. The van der Waals surface area contributed by atoms with Gasteiger partial charge in [-0.25, -0.2) is 0 Å². The van der Waals surface area contributed by atoms with Crippen molar-refractivity contribution in [2.45, 2.75) is 62.3 Å². The quantitative estimate of drug-likeness (QED) is 0.0910. The van der Waals surface area contributed by atoms with Crippen molar-refractivity contribution in [3.05, 3.63) is 0 Å². The first-order valence-electron chi connectivity index (χ1n) is 14.5. The fourth-order valence-corrected chi connectivity index (χ4v) is 4.94. The molecule has 1 heterocycles. The molecular weight excluding hydrogens is 837 g/mol. The highest BCUT2D eigenvalue weighted by atomic mass is 127. The Bertz CT molecular complexity index is 604. The molecule has 0 saturated carbocycles. The van der Waals surface area contributed by atoms with Crippen molar-refractivity contribution in [3.63, 3.8) is 0 Å². The van der Waals surface area contributed by atoms with Crippen LogP contribution in [0.1, 0.15) is 62.3 Å². The maximum atomic E-state index is 6.02. The highest BCUT2D eigenvalue weighted by Crippen LogP contribution is 2.17. The Morgan fingerprint density at radius 2 is 0.564 bits per heavy atom. The van der Waals surface area contributed by atoms with Crippen LogP contribution in [0.2, 0.25) is 0 Å². The van der Waals surface area contributed by atoms with Crippen LogP contribution in [0.5, 0.6) is 18.0 Å². The minimum Gasteiger partial charge on any atom is -1.00 e. The Balaban J connectivity index is -0.00000432. The number of aromatic nitrogens is 3. The van der Waals surface area contributed by atoms with Gasteiger partial charge in [0.2, 0.25) is 0 Å². The molecule has 234 valence electrons. The molecule has 1 rings (SSSR count). The van der Waals surface area contributed by atoms with Gasteiger partial charge in [-0.1, -0.05) is 0 Å². The summed E-state index contributed by atoms with van der Waals surface area (Å²) in [4.78, 5) is 13.4. The molecule has 0 spiro atoms. The van der Waals surface area contributed by atoms with Crippen molar-refractivity contribution < 1.29 is 99.6 Å². The van der Waals surface area contributed by atoms with E-state index in [2.05, 4.69) is 77.3 Å². The van der Waals surface area contributed by atoms with Crippen molar-refractivity contribution in [1.29, 1.82) is 0 Å². The highest BCUT2D eigenvalue weighted by molar-refractivity contribution is 5.09. The molecule has 0 aliphatic rings. The number of ether oxygens (including phenoxy) is 3. The molecule has 0 atom stereocenters. The summed E-state index contributed by atoms with van der Waals surface area (Å²) in [5.41, 5.74) is 0. The summed E-state index contributed by atoms with van der Waals surface area (Å²) in [5.74, 6) is 0. The molecule has 0 aromatic carbocycles. The van der Waals surface area contributed by atoms with E-state index in [1.54, 1.807) is 0 Å². The van der Waals surface area contributed by atoms with Crippen molar-refractivity contribution in [2.75, 3.05) is 98.4 Å². The van der Waals surface area contributed by atoms with Gasteiger partial charge in [0.1, 0.15) is 39.5 Å². The van der Waals surface area contributed by atoms with Gasteiger partial charge in [-0.05, 0) is 62.3 Å². The Kier molecular flexibility index (Phi) is 25.9. The van der Waals surface area contributed by atoms with Crippen LogP contribution in [0.25, 0.3) is 0 Å². The molecule has 0 saturated heterocycles. The van der Waals surface area contributed by atoms with Gasteiger partial charge < -0.3 is 99.6 Å². The number of quaternary nitrogens is 3. The van der Waals surface area contributed by atoms with Crippen LogP contribution in [0.4, 0.5) is 0 Å². The lowest BCUT2D eigenvalue weighted by molar-refractivity contribution is -0.923. The van der Waals surface area contributed by atoms with Crippen LogP contribution < -0.4 is 86.1 Å². The molecule has 0 radical (unpaired) electrons.